The molecule has 0 atom stereocenters. The van der Waals surface area contributed by atoms with E-state index in [4.69, 9.17) is 4.74 Å². The van der Waals surface area contributed by atoms with Gasteiger partial charge in [-0.05, 0) is 12.8 Å². The molecule has 0 aliphatic rings. The van der Waals surface area contributed by atoms with E-state index in [9.17, 15) is 4.79 Å². The zero-order valence-electron chi connectivity index (χ0n) is 32.2. The van der Waals surface area contributed by atoms with Crippen molar-refractivity contribution >= 4 is 5.97 Å². The first-order valence-electron chi connectivity index (χ1n) is 20.9. The number of esters is 1. The molecule has 0 bridgehead atoms. The van der Waals surface area contributed by atoms with E-state index in [2.05, 4.69) is 27.7 Å². The smallest absolute Gasteiger partial charge is 0.305 e. The molecule has 0 spiro atoms. The van der Waals surface area contributed by atoms with Gasteiger partial charge in [-0.2, -0.15) is 0 Å². The lowest BCUT2D eigenvalue weighted by molar-refractivity contribution is -0.143. The molecule has 0 unspecified atom stereocenters. The first-order chi connectivity index (χ1) is 21.7. The van der Waals surface area contributed by atoms with Gasteiger partial charge in [0, 0.05) is 6.42 Å². The Labute approximate surface area is 286 Å². The van der Waals surface area contributed by atoms with Crippen molar-refractivity contribution in [2.24, 2.45) is 0 Å². The van der Waals surface area contributed by atoms with Gasteiger partial charge in [0.2, 0.25) is 0 Å². The van der Waals surface area contributed by atoms with Crippen LogP contribution in [0.4, 0.5) is 0 Å². The molecule has 0 aromatic rings. The molecule has 45 heavy (non-hydrogen) atoms. The largest absolute Gasteiger partial charge is 0.466 e. The Bertz CT molecular complexity index is 493. The van der Waals surface area contributed by atoms with Crippen molar-refractivity contribution < 1.29 is 9.53 Å². The summed E-state index contributed by atoms with van der Waals surface area (Å²) >= 11 is 0. The molecular weight excluding hydrogens is 550 g/mol. The fraction of sp³-hybridized carbons (Fsp3) is 0.976. The molecule has 3 nitrogen and oxygen atoms in total. The second-order valence-corrected chi connectivity index (χ2v) is 13.9. The summed E-state index contributed by atoms with van der Waals surface area (Å²) in [4.78, 5) is 11.9. The van der Waals surface area contributed by atoms with Crippen LogP contribution in [0.2, 0.25) is 0 Å². The second kappa shape index (κ2) is 47.8. The van der Waals surface area contributed by atoms with Crippen LogP contribution < -0.4 is 6.15 Å². The van der Waals surface area contributed by atoms with E-state index >= 15 is 0 Å². The summed E-state index contributed by atoms with van der Waals surface area (Å²) in [5.41, 5.74) is 0. The predicted octanol–water partition coefficient (Wildman–Crippen LogP) is 15.8. The molecule has 0 rings (SSSR count). The fourth-order valence-electron chi connectivity index (χ4n) is 5.90. The first-order valence-corrected chi connectivity index (χ1v) is 20.9. The molecular formula is C42H89NO2. The van der Waals surface area contributed by atoms with Gasteiger partial charge in [-0.3, -0.25) is 4.79 Å². The molecule has 0 saturated carbocycles. The van der Waals surface area contributed by atoms with Crippen LogP contribution in [0, 0.1) is 0 Å². The Balaban J connectivity index is -0.00000331. The molecule has 0 radical (unpaired) electrons. The zero-order chi connectivity index (χ0) is 32.4. The van der Waals surface area contributed by atoms with Gasteiger partial charge in [0.15, 0.2) is 0 Å². The normalized spacial score (nSPS) is 10.8. The third kappa shape index (κ3) is 50.5. The van der Waals surface area contributed by atoms with Crippen molar-refractivity contribution in [3.8, 4) is 0 Å². The van der Waals surface area contributed by atoms with Gasteiger partial charge in [0.1, 0.15) is 0 Å². The van der Waals surface area contributed by atoms with Crippen molar-refractivity contribution in [2.45, 2.75) is 259 Å². The summed E-state index contributed by atoms with van der Waals surface area (Å²) in [5, 5.41) is 0. The molecule has 0 heterocycles. The number of rotatable bonds is 36. The summed E-state index contributed by atoms with van der Waals surface area (Å²) in [6.07, 6.45) is 48.7. The van der Waals surface area contributed by atoms with Crippen molar-refractivity contribution in [3.63, 3.8) is 0 Å². The number of ether oxygens (including phenoxy) is 1. The quantitative estimate of drug-likeness (QED) is 0.0548. The highest BCUT2D eigenvalue weighted by Gasteiger charge is 2.03. The van der Waals surface area contributed by atoms with E-state index in [1.807, 2.05) is 0 Å². The van der Waals surface area contributed by atoms with Gasteiger partial charge in [-0.15, -0.1) is 0 Å². The van der Waals surface area contributed by atoms with Gasteiger partial charge in [0.25, 0.3) is 0 Å². The average molecular weight is 640 g/mol. The van der Waals surface area contributed by atoms with Crippen molar-refractivity contribution in [2.75, 3.05) is 6.61 Å². The summed E-state index contributed by atoms with van der Waals surface area (Å²) < 4.78 is 5.45. The monoisotopic (exact) mass is 640 g/mol. The zero-order valence-corrected chi connectivity index (χ0v) is 32.2. The van der Waals surface area contributed by atoms with E-state index in [-0.39, 0.29) is 12.1 Å². The Kier molecular flexibility index (Phi) is 51.9. The van der Waals surface area contributed by atoms with Gasteiger partial charge in [-0.1, -0.05) is 240 Å². The van der Waals surface area contributed by atoms with Gasteiger partial charge in [0.05, 0.1) is 6.61 Å². The Morgan fingerprint density at radius 3 is 0.778 bits per heavy atom. The molecule has 0 aromatic heterocycles. The summed E-state index contributed by atoms with van der Waals surface area (Å²) in [7, 11) is 0. The minimum Gasteiger partial charge on any atom is -0.466 e. The SMILES string of the molecule is CCCC.CCCCCCCCCCCCCCCCCCCCOC(=O)CCCCCCCCCCCCCCCCC.N. The van der Waals surface area contributed by atoms with Crippen LogP contribution in [0.15, 0.2) is 0 Å². The molecule has 0 aliphatic carbocycles. The van der Waals surface area contributed by atoms with Gasteiger partial charge < -0.3 is 10.9 Å². The van der Waals surface area contributed by atoms with Crippen LogP contribution in [-0.4, -0.2) is 12.6 Å². The van der Waals surface area contributed by atoms with Crippen LogP contribution in [-0.2, 0) is 9.53 Å². The van der Waals surface area contributed by atoms with Crippen LogP contribution >= 0.6 is 0 Å². The highest BCUT2D eigenvalue weighted by molar-refractivity contribution is 5.69. The van der Waals surface area contributed by atoms with Crippen LogP contribution in [0.5, 0.6) is 0 Å². The third-order valence-electron chi connectivity index (χ3n) is 9.25. The maximum absolute atomic E-state index is 11.9. The lowest BCUT2D eigenvalue weighted by Gasteiger charge is -2.06. The number of hydrogen-bond donors (Lipinski definition) is 1. The number of carbonyl (C=O) groups is 1. The highest BCUT2D eigenvalue weighted by atomic mass is 16.5. The minimum absolute atomic E-state index is 0. The van der Waals surface area contributed by atoms with Crippen molar-refractivity contribution in [1.29, 1.82) is 0 Å². The molecule has 3 N–H and O–H groups in total. The Morgan fingerprint density at radius 2 is 0.533 bits per heavy atom. The molecule has 0 aliphatic heterocycles. The first kappa shape index (κ1) is 48.8. The van der Waals surface area contributed by atoms with Crippen molar-refractivity contribution in [3.05, 3.63) is 0 Å². The maximum atomic E-state index is 11.9. The van der Waals surface area contributed by atoms with E-state index < -0.39 is 0 Å². The number of hydrogen-bond acceptors (Lipinski definition) is 3. The van der Waals surface area contributed by atoms with E-state index in [0.29, 0.717) is 13.0 Å². The number of unbranched alkanes of at least 4 members (excludes halogenated alkanes) is 32. The molecule has 274 valence electrons. The van der Waals surface area contributed by atoms with Crippen LogP contribution in [0.3, 0.4) is 0 Å². The van der Waals surface area contributed by atoms with Crippen LogP contribution in [0.25, 0.3) is 0 Å². The number of carbonyl (C=O) groups excluding carboxylic acids is 1. The Hall–Kier alpha value is -0.570. The van der Waals surface area contributed by atoms with Gasteiger partial charge >= 0.3 is 5.97 Å². The summed E-state index contributed by atoms with van der Waals surface area (Å²) in [6.45, 7) is 9.58. The molecule has 0 saturated heterocycles. The Morgan fingerprint density at radius 1 is 0.311 bits per heavy atom. The van der Waals surface area contributed by atoms with Crippen LogP contribution in [0.1, 0.15) is 259 Å². The second-order valence-electron chi connectivity index (χ2n) is 13.9. The standard InChI is InChI=1S/C38H76O2.C4H10.H3N/c1-3-5-7-9-11-13-15-17-19-20-21-23-25-27-29-31-33-35-37-40-38(39)36-34-32-30-28-26-24-22-18-16-14-12-10-8-6-4-2;1-3-4-2;/h3-37H2,1-2H3;3-4H2,1-2H3;1H3. The molecule has 0 aromatic carbocycles. The summed E-state index contributed by atoms with van der Waals surface area (Å²) in [5.74, 6) is 0.0293. The predicted molar refractivity (Wildman–Crippen MR) is 205 cm³/mol. The topological polar surface area (TPSA) is 61.3 Å². The highest BCUT2D eigenvalue weighted by Crippen LogP contribution is 2.16. The van der Waals surface area contributed by atoms with Crippen molar-refractivity contribution in [1.82, 2.24) is 6.15 Å². The average Bonchev–Trinajstić information content (AvgIpc) is 3.04. The summed E-state index contributed by atoms with van der Waals surface area (Å²) in [6, 6.07) is 0. The van der Waals surface area contributed by atoms with E-state index in [0.717, 1.165) is 12.8 Å². The lowest BCUT2D eigenvalue weighted by Crippen LogP contribution is -2.05. The maximum Gasteiger partial charge on any atom is 0.305 e. The minimum atomic E-state index is 0. The van der Waals surface area contributed by atoms with Gasteiger partial charge in [-0.25, -0.2) is 0 Å². The van der Waals surface area contributed by atoms with E-state index in [1.54, 1.807) is 0 Å². The third-order valence-corrected chi connectivity index (χ3v) is 9.25. The van der Waals surface area contributed by atoms with E-state index in [1.165, 1.54) is 212 Å². The molecule has 0 amide bonds. The molecule has 3 heteroatoms. The lowest BCUT2D eigenvalue weighted by atomic mass is 10.0. The molecule has 0 fully saturated rings. The fourth-order valence-corrected chi connectivity index (χ4v) is 5.90.